The van der Waals surface area contributed by atoms with E-state index < -0.39 is 0 Å². The van der Waals surface area contributed by atoms with Crippen molar-refractivity contribution in [2.24, 2.45) is 0 Å². The zero-order valence-corrected chi connectivity index (χ0v) is 18.2. The molecular weight excluding hydrogens is 405 g/mol. The lowest BCUT2D eigenvalue weighted by Gasteiger charge is -2.08. The van der Waals surface area contributed by atoms with Crippen LogP contribution < -0.4 is 5.32 Å². The van der Waals surface area contributed by atoms with E-state index in [2.05, 4.69) is 41.9 Å². The van der Waals surface area contributed by atoms with E-state index >= 15 is 0 Å². The molecule has 1 aliphatic carbocycles. The van der Waals surface area contributed by atoms with Crippen LogP contribution >= 0.6 is 11.8 Å². The van der Waals surface area contributed by atoms with E-state index in [-0.39, 0.29) is 18.1 Å². The number of nitrogens with one attached hydrogen (secondary N) is 1. The number of carbonyl (C=O) groups is 1. The minimum atomic E-state index is -0.292. The van der Waals surface area contributed by atoms with Crippen LogP contribution in [0.5, 0.6) is 0 Å². The lowest BCUT2D eigenvalue weighted by molar-refractivity contribution is -0.120. The third kappa shape index (κ3) is 5.33. The highest BCUT2D eigenvalue weighted by atomic mass is 32.2. The molecule has 31 heavy (non-hydrogen) atoms. The Morgan fingerprint density at radius 2 is 1.77 bits per heavy atom. The maximum Gasteiger partial charge on any atom is 0.224 e. The minimum Gasteiger partial charge on any atom is -0.355 e. The van der Waals surface area contributed by atoms with E-state index in [1.165, 1.54) is 22.6 Å². The van der Waals surface area contributed by atoms with Gasteiger partial charge in [0.1, 0.15) is 5.82 Å². The standard InChI is InChI=1S/C27H24FNOS/c1-31-24-10-7-20(8-11-24)15-21-16-22(26-18-23(28)9-12-25(21)26)17-27(30)29-14-13-19-5-3-2-4-6-19/h2-12,15-16,18H,13-14,17H2,1H3,(H,29,30)/b21-15+. The van der Waals surface area contributed by atoms with Crippen molar-refractivity contribution in [3.8, 4) is 0 Å². The van der Waals surface area contributed by atoms with Gasteiger partial charge in [0.05, 0.1) is 6.42 Å². The maximum absolute atomic E-state index is 14.0. The Balaban J connectivity index is 1.49. The van der Waals surface area contributed by atoms with Gasteiger partial charge in [-0.2, -0.15) is 0 Å². The molecule has 0 heterocycles. The fraction of sp³-hybridized carbons (Fsp3) is 0.148. The highest BCUT2D eigenvalue weighted by Crippen LogP contribution is 2.38. The Hall–Kier alpha value is -3.11. The summed E-state index contributed by atoms with van der Waals surface area (Å²) in [5.41, 5.74) is 5.87. The molecule has 156 valence electrons. The quantitative estimate of drug-likeness (QED) is 0.451. The Bertz CT molecular complexity index is 1130. The first-order chi connectivity index (χ1) is 15.1. The van der Waals surface area contributed by atoms with Crippen LogP contribution in [0.25, 0.3) is 17.2 Å². The van der Waals surface area contributed by atoms with Crippen molar-refractivity contribution < 1.29 is 9.18 Å². The summed E-state index contributed by atoms with van der Waals surface area (Å²) in [7, 11) is 0. The van der Waals surface area contributed by atoms with Gasteiger partial charge in [-0.15, -0.1) is 11.8 Å². The zero-order valence-electron chi connectivity index (χ0n) is 17.4. The molecule has 3 aromatic rings. The van der Waals surface area contributed by atoms with Crippen molar-refractivity contribution in [3.05, 3.63) is 107 Å². The second-order valence-corrected chi connectivity index (χ2v) is 8.37. The Kier molecular flexibility index (Phi) is 6.68. The van der Waals surface area contributed by atoms with Crippen LogP contribution in [0.2, 0.25) is 0 Å². The van der Waals surface area contributed by atoms with Gasteiger partial charge in [0.15, 0.2) is 0 Å². The van der Waals surface area contributed by atoms with Crippen molar-refractivity contribution in [1.82, 2.24) is 5.32 Å². The van der Waals surface area contributed by atoms with Crippen LogP contribution in [0.3, 0.4) is 0 Å². The van der Waals surface area contributed by atoms with Crippen LogP contribution in [0, 0.1) is 5.82 Å². The smallest absolute Gasteiger partial charge is 0.224 e. The van der Waals surface area contributed by atoms with E-state index in [0.29, 0.717) is 6.54 Å². The lowest BCUT2D eigenvalue weighted by Crippen LogP contribution is -2.25. The third-order valence-corrected chi connectivity index (χ3v) is 6.08. The van der Waals surface area contributed by atoms with E-state index in [9.17, 15) is 9.18 Å². The number of thioether (sulfide) groups is 1. The molecule has 0 bridgehead atoms. The minimum absolute atomic E-state index is 0.0528. The zero-order chi connectivity index (χ0) is 21.6. The summed E-state index contributed by atoms with van der Waals surface area (Å²) in [6.45, 7) is 0.580. The van der Waals surface area contributed by atoms with Crippen LogP contribution in [0.15, 0.2) is 83.8 Å². The van der Waals surface area contributed by atoms with Crippen molar-refractivity contribution in [2.75, 3.05) is 12.8 Å². The van der Waals surface area contributed by atoms with Crippen molar-refractivity contribution in [3.63, 3.8) is 0 Å². The number of fused-ring (bicyclic) bond motifs is 1. The first kappa shape index (κ1) is 21.1. The molecule has 4 rings (SSSR count). The van der Waals surface area contributed by atoms with Gasteiger partial charge in [-0.05, 0) is 82.5 Å². The summed E-state index contributed by atoms with van der Waals surface area (Å²) in [4.78, 5) is 13.8. The molecule has 1 amide bonds. The number of halogens is 1. The molecule has 1 aliphatic rings. The number of hydrogen-bond acceptors (Lipinski definition) is 2. The number of rotatable bonds is 7. The largest absolute Gasteiger partial charge is 0.355 e. The summed E-state index contributed by atoms with van der Waals surface area (Å²) in [6, 6.07) is 23.2. The average molecular weight is 430 g/mol. The molecule has 0 aromatic heterocycles. The van der Waals surface area contributed by atoms with Gasteiger partial charge in [-0.3, -0.25) is 4.79 Å². The maximum atomic E-state index is 14.0. The van der Waals surface area contributed by atoms with E-state index in [0.717, 1.165) is 34.3 Å². The molecule has 0 spiro atoms. The van der Waals surface area contributed by atoms with Crippen molar-refractivity contribution in [2.45, 2.75) is 17.7 Å². The molecule has 0 saturated carbocycles. The van der Waals surface area contributed by atoms with Gasteiger partial charge in [0.25, 0.3) is 0 Å². The van der Waals surface area contributed by atoms with Gasteiger partial charge in [-0.1, -0.05) is 48.5 Å². The van der Waals surface area contributed by atoms with Crippen molar-refractivity contribution in [1.29, 1.82) is 0 Å². The molecule has 0 radical (unpaired) electrons. The van der Waals surface area contributed by atoms with Crippen LogP contribution in [0.4, 0.5) is 4.39 Å². The second kappa shape index (κ2) is 9.80. The Morgan fingerprint density at radius 1 is 1.00 bits per heavy atom. The van der Waals surface area contributed by atoms with Crippen LogP contribution in [0.1, 0.15) is 28.7 Å². The van der Waals surface area contributed by atoms with Gasteiger partial charge in [0.2, 0.25) is 5.91 Å². The predicted octanol–water partition coefficient (Wildman–Crippen LogP) is 6.23. The number of benzene rings is 3. The second-order valence-electron chi connectivity index (χ2n) is 7.49. The predicted molar refractivity (Wildman–Crippen MR) is 128 cm³/mol. The molecule has 2 nitrogen and oxygen atoms in total. The molecule has 0 aliphatic heterocycles. The highest BCUT2D eigenvalue weighted by molar-refractivity contribution is 7.98. The summed E-state index contributed by atoms with van der Waals surface area (Å²) in [5.74, 6) is -0.345. The normalized spacial score (nSPS) is 13.7. The molecule has 3 aromatic carbocycles. The molecule has 0 unspecified atom stereocenters. The topological polar surface area (TPSA) is 29.1 Å². The monoisotopic (exact) mass is 429 g/mol. The lowest BCUT2D eigenvalue weighted by atomic mass is 10.0. The summed E-state index contributed by atoms with van der Waals surface area (Å²) in [6.07, 6.45) is 7.15. The number of hydrogen-bond donors (Lipinski definition) is 1. The first-order valence-electron chi connectivity index (χ1n) is 10.3. The summed E-state index contributed by atoms with van der Waals surface area (Å²) < 4.78 is 14.0. The van der Waals surface area contributed by atoms with E-state index in [1.54, 1.807) is 17.8 Å². The Morgan fingerprint density at radius 3 is 2.52 bits per heavy atom. The average Bonchev–Trinajstić information content (AvgIpc) is 3.11. The Labute approximate surface area is 186 Å². The molecule has 0 saturated heterocycles. The third-order valence-electron chi connectivity index (χ3n) is 5.34. The SMILES string of the molecule is CSc1ccc(/C=C2\C=C(CC(=O)NCCc3ccccc3)c3cc(F)ccc32)cc1. The molecular formula is C27H24FNOS. The van der Waals surface area contributed by atoms with Gasteiger partial charge >= 0.3 is 0 Å². The van der Waals surface area contributed by atoms with E-state index in [1.807, 2.05) is 36.4 Å². The van der Waals surface area contributed by atoms with E-state index in [4.69, 9.17) is 0 Å². The highest BCUT2D eigenvalue weighted by Gasteiger charge is 2.21. The van der Waals surface area contributed by atoms with Gasteiger partial charge < -0.3 is 5.32 Å². The number of carbonyl (C=O) groups excluding carboxylic acids is 1. The number of amides is 1. The molecule has 1 N–H and O–H groups in total. The molecule has 0 fully saturated rings. The van der Waals surface area contributed by atoms with Crippen molar-refractivity contribution >= 4 is 34.9 Å². The summed E-state index contributed by atoms with van der Waals surface area (Å²) in [5, 5.41) is 2.99. The molecule has 0 atom stereocenters. The van der Waals surface area contributed by atoms with Gasteiger partial charge in [0, 0.05) is 11.4 Å². The fourth-order valence-electron chi connectivity index (χ4n) is 3.75. The van der Waals surface area contributed by atoms with Crippen LogP contribution in [-0.4, -0.2) is 18.7 Å². The summed E-state index contributed by atoms with van der Waals surface area (Å²) >= 11 is 1.70. The van der Waals surface area contributed by atoms with Gasteiger partial charge in [-0.25, -0.2) is 4.39 Å². The van der Waals surface area contributed by atoms with Crippen LogP contribution in [-0.2, 0) is 11.2 Å². The first-order valence-corrected chi connectivity index (χ1v) is 11.5. The number of allylic oxidation sites excluding steroid dienone is 2. The fourth-order valence-corrected chi connectivity index (χ4v) is 4.16. The molecule has 4 heteroatoms.